The van der Waals surface area contributed by atoms with Gasteiger partial charge in [-0.3, -0.25) is 0 Å². The first-order valence-corrected chi connectivity index (χ1v) is 7.10. The summed E-state index contributed by atoms with van der Waals surface area (Å²) in [6.45, 7) is 4.85. The summed E-state index contributed by atoms with van der Waals surface area (Å²) in [6, 6.07) is 6.97. The van der Waals surface area contributed by atoms with E-state index in [9.17, 15) is 8.42 Å². The highest BCUT2D eigenvalue weighted by atomic mass is 32.2. The maximum atomic E-state index is 12.3. The van der Waals surface area contributed by atoms with E-state index < -0.39 is 10.0 Å². The van der Waals surface area contributed by atoms with Crippen LogP contribution in [0.2, 0.25) is 0 Å². The summed E-state index contributed by atoms with van der Waals surface area (Å²) in [5.41, 5.74) is 0.820. The van der Waals surface area contributed by atoms with Gasteiger partial charge in [-0.1, -0.05) is 17.7 Å². The minimum Gasteiger partial charge on any atom is -0.363 e. The summed E-state index contributed by atoms with van der Waals surface area (Å²) in [6.07, 6.45) is 0.0859. The number of benzene rings is 1. The number of epoxide rings is 1. The Labute approximate surface area is 101 Å². The van der Waals surface area contributed by atoms with Gasteiger partial charge in [0.1, 0.15) is 11.7 Å². The number of rotatable bonds is 2. The molecule has 5 heteroatoms. The molecule has 0 bridgehead atoms. The van der Waals surface area contributed by atoms with Crippen molar-refractivity contribution in [3.63, 3.8) is 0 Å². The summed E-state index contributed by atoms with van der Waals surface area (Å²) < 4.78 is 31.6. The summed E-state index contributed by atoms with van der Waals surface area (Å²) in [5, 5.41) is 0. The second kappa shape index (κ2) is 3.31. The van der Waals surface area contributed by atoms with E-state index in [1.807, 2.05) is 26.0 Å². The molecule has 3 rings (SSSR count). The Morgan fingerprint density at radius 3 is 2.53 bits per heavy atom. The molecule has 0 aromatic heterocycles. The molecule has 0 amide bonds. The maximum Gasteiger partial charge on any atom is 0.243 e. The number of sulfonamides is 1. The minimum atomic E-state index is -3.34. The third kappa shape index (κ3) is 1.69. The zero-order chi connectivity index (χ0) is 12.3. The van der Waals surface area contributed by atoms with Crippen LogP contribution in [0.4, 0.5) is 0 Å². The molecule has 2 fully saturated rings. The van der Waals surface area contributed by atoms with Gasteiger partial charge in [-0.25, -0.2) is 8.42 Å². The number of nitrogens with zero attached hydrogens (tertiary/aromatic N) is 1. The molecule has 0 N–H and O–H groups in total. The van der Waals surface area contributed by atoms with Crippen molar-refractivity contribution in [1.82, 2.24) is 4.31 Å². The molecule has 92 valence electrons. The van der Waals surface area contributed by atoms with Gasteiger partial charge in [0.25, 0.3) is 0 Å². The largest absolute Gasteiger partial charge is 0.363 e. The quantitative estimate of drug-likeness (QED) is 0.743. The molecule has 2 saturated heterocycles. The highest BCUT2D eigenvalue weighted by molar-refractivity contribution is 7.89. The molecule has 2 heterocycles. The summed E-state index contributed by atoms with van der Waals surface area (Å²) in [5.74, 6) is 0. The van der Waals surface area contributed by atoms with E-state index in [2.05, 4.69) is 0 Å². The zero-order valence-corrected chi connectivity index (χ0v) is 10.7. The lowest BCUT2D eigenvalue weighted by molar-refractivity contribution is 0.226. The second-order valence-corrected chi connectivity index (χ2v) is 6.97. The van der Waals surface area contributed by atoms with Crippen LogP contribution in [0.3, 0.4) is 0 Å². The number of fused-ring (bicyclic) bond motifs is 1. The van der Waals surface area contributed by atoms with Crippen LogP contribution in [0, 0.1) is 6.92 Å². The van der Waals surface area contributed by atoms with Gasteiger partial charge < -0.3 is 4.74 Å². The molecular weight excluding hydrogens is 238 g/mol. The predicted octanol–water partition coefficient (Wildman–Crippen LogP) is 1.16. The Morgan fingerprint density at radius 2 is 2.00 bits per heavy atom. The average Bonchev–Trinajstić information content (AvgIpc) is 2.77. The lowest BCUT2D eigenvalue weighted by Crippen LogP contribution is -2.33. The Bertz CT molecular complexity index is 552. The Morgan fingerprint density at radius 1 is 1.35 bits per heavy atom. The van der Waals surface area contributed by atoms with Crippen LogP contribution in [-0.4, -0.2) is 37.5 Å². The van der Waals surface area contributed by atoms with E-state index in [1.54, 1.807) is 12.1 Å². The monoisotopic (exact) mass is 253 g/mol. The molecule has 0 spiro atoms. The fourth-order valence-electron chi connectivity index (χ4n) is 2.30. The van der Waals surface area contributed by atoms with Crippen molar-refractivity contribution in [2.75, 3.05) is 13.1 Å². The summed E-state index contributed by atoms with van der Waals surface area (Å²) in [4.78, 5) is 0.369. The van der Waals surface area contributed by atoms with E-state index in [0.717, 1.165) is 5.56 Å². The van der Waals surface area contributed by atoms with Crippen LogP contribution < -0.4 is 0 Å². The van der Waals surface area contributed by atoms with Gasteiger partial charge in [0.15, 0.2) is 0 Å². The second-order valence-electron chi connectivity index (χ2n) is 5.03. The van der Waals surface area contributed by atoms with Crippen LogP contribution in [0.25, 0.3) is 0 Å². The lowest BCUT2D eigenvalue weighted by atomic mass is 10.2. The van der Waals surface area contributed by atoms with Gasteiger partial charge >= 0.3 is 0 Å². The molecule has 4 nitrogen and oxygen atoms in total. The number of morpholine rings is 1. The molecule has 0 radical (unpaired) electrons. The molecule has 1 aromatic rings. The average molecular weight is 253 g/mol. The minimum absolute atomic E-state index is 0.0859. The van der Waals surface area contributed by atoms with E-state index in [-0.39, 0.29) is 11.7 Å². The number of aryl methyl sites for hydroxylation is 1. The smallest absolute Gasteiger partial charge is 0.243 e. The zero-order valence-electron chi connectivity index (χ0n) is 9.88. The van der Waals surface area contributed by atoms with Crippen LogP contribution >= 0.6 is 0 Å². The molecule has 17 heavy (non-hydrogen) atoms. The van der Waals surface area contributed by atoms with Crippen molar-refractivity contribution in [3.8, 4) is 0 Å². The van der Waals surface area contributed by atoms with Crippen LogP contribution in [0.1, 0.15) is 12.5 Å². The van der Waals surface area contributed by atoms with Crippen molar-refractivity contribution >= 4 is 10.0 Å². The molecule has 2 atom stereocenters. The normalized spacial score (nSPS) is 32.5. The van der Waals surface area contributed by atoms with Gasteiger partial charge in [0.05, 0.1) is 4.90 Å². The standard InChI is InChI=1S/C12H15NO3S/c1-9-3-5-10(6-4-9)17(14,15)13-7-11-12(2,8-13)16-11/h3-6,11H,7-8H2,1-2H3. The lowest BCUT2D eigenvalue weighted by Gasteiger charge is -2.18. The molecular formula is C12H15NO3S. The van der Waals surface area contributed by atoms with Gasteiger partial charge in [-0.15, -0.1) is 0 Å². The van der Waals surface area contributed by atoms with E-state index in [0.29, 0.717) is 18.0 Å². The molecule has 0 aliphatic carbocycles. The Kier molecular flexibility index (Phi) is 2.18. The highest BCUT2D eigenvalue weighted by Gasteiger charge is 2.61. The molecule has 0 saturated carbocycles. The van der Waals surface area contributed by atoms with E-state index in [4.69, 9.17) is 4.74 Å². The number of hydrogen-bond donors (Lipinski definition) is 0. The number of hydrogen-bond acceptors (Lipinski definition) is 3. The molecule has 1 aromatic carbocycles. The van der Waals surface area contributed by atoms with Crippen LogP contribution in [-0.2, 0) is 14.8 Å². The SMILES string of the molecule is Cc1ccc(S(=O)(=O)N2CC3OC3(C)C2)cc1. The van der Waals surface area contributed by atoms with Crippen molar-refractivity contribution in [2.45, 2.75) is 30.4 Å². The van der Waals surface area contributed by atoms with Crippen molar-refractivity contribution in [1.29, 1.82) is 0 Å². The first-order chi connectivity index (χ1) is 7.92. The van der Waals surface area contributed by atoms with E-state index >= 15 is 0 Å². The van der Waals surface area contributed by atoms with Gasteiger partial charge in [0.2, 0.25) is 10.0 Å². The van der Waals surface area contributed by atoms with Gasteiger partial charge in [-0.05, 0) is 26.0 Å². The first-order valence-electron chi connectivity index (χ1n) is 5.66. The summed E-state index contributed by atoms with van der Waals surface area (Å²) in [7, 11) is -3.34. The van der Waals surface area contributed by atoms with Gasteiger partial charge in [0, 0.05) is 13.1 Å². The van der Waals surface area contributed by atoms with Crippen molar-refractivity contribution in [3.05, 3.63) is 29.8 Å². The third-order valence-corrected chi connectivity index (χ3v) is 5.38. The Hall–Kier alpha value is -0.910. The molecule has 2 aliphatic rings. The number of ether oxygens (including phenoxy) is 1. The van der Waals surface area contributed by atoms with Crippen LogP contribution in [0.15, 0.2) is 29.2 Å². The van der Waals surface area contributed by atoms with E-state index in [1.165, 1.54) is 4.31 Å². The third-order valence-electron chi connectivity index (χ3n) is 3.55. The Balaban J connectivity index is 1.89. The van der Waals surface area contributed by atoms with Crippen molar-refractivity contribution in [2.24, 2.45) is 0 Å². The molecule has 2 unspecified atom stereocenters. The van der Waals surface area contributed by atoms with Gasteiger partial charge in [-0.2, -0.15) is 4.31 Å². The first kappa shape index (κ1) is 11.2. The summed E-state index contributed by atoms with van der Waals surface area (Å²) >= 11 is 0. The highest BCUT2D eigenvalue weighted by Crippen LogP contribution is 2.44. The van der Waals surface area contributed by atoms with Crippen molar-refractivity contribution < 1.29 is 13.2 Å². The fraction of sp³-hybridized carbons (Fsp3) is 0.500. The molecule has 2 aliphatic heterocycles. The topological polar surface area (TPSA) is 49.9 Å². The predicted molar refractivity (Wildman–Crippen MR) is 63.2 cm³/mol. The van der Waals surface area contributed by atoms with Crippen LogP contribution in [0.5, 0.6) is 0 Å². The maximum absolute atomic E-state index is 12.3. The fourth-order valence-corrected chi connectivity index (χ4v) is 3.84.